The van der Waals surface area contributed by atoms with E-state index >= 15 is 0 Å². The van der Waals surface area contributed by atoms with E-state index in [-0.39, 0.29) is 5.91 Å². The van der Waals surface area contributed by atoms with Crippen molar-refractivity contribution in [2.75, 3.05) is 18.0 Å². The summed E-state index contributed by atoms with van der Waals surface area (Å²) in [5.74, 6) is 0.228. The number of nitrogens with one attached hydrogen (secondary N) is 1. The van der Waals surface area contributed by atoms with Crippen LogP contribution >= 0.6 is 0 Å². The predicted octanol–water partition coefficient (Wildman–Crippen LogP) is 5.30. The van der Waals surface area contributed by atoms with Crippen LogP contribution in [0, 0.1) is 0 Å². The number of carbonyl (C=O) groups is 1. The Hall–Kier alpha value is -1.51. The summed E-state index contributed by atoms with van der Waals surface area (Å²) in [5.41, 5.74) is 1.28. The second-order valence-corrected chi connectivity index (χ2v) is 7.35. The third kappa shape index (κ3) is 7.50. The Labute approximate surface area is 154 Å². The average molecular weight is 345 g/mol. The quantitative estimate of drug-likeness (QED) is 0.522. The molecule has 0 radical (unpaired) electrons. The molecule has 1 N–H and O–H groups in total. The number of hydrogen-bond donors (Lipinski definition) is 1. The number of hydrogen-bond acceptors (Lipinski definition) is 2. The fraction of sp³-hybridized carbons (Fsp3) is 0.682. The zero-order valence-electron chi connectivity index (χ0n) is 16.0. The van der Waals surface area contributed by atoms with Crippen molar-refractivity contribution < 1.29 is 4.79 Å². The highest BCUT2D eigenvalue weighted by Gasteiger charge is 2.24. The van der Waals surface area contributed by atoms with Crippen molar-refractivity contribution in [1.82, 2.24) is 5.32 Å². The number of benzene rings is 1. The van der Waals surface area contributed by atoms with Gasteiger partial charge < -0.3 is 10.2 Å². The topological polar surface area (TPSA) is 32.3 Å². The van der Waals surface area contributed by atoms with Gasteiger partial charge >= 0.3 is 0 Å². The molecule has 3 heteroatoms. The molecule has 0 aromatic heterocycles. The highest BCUT2D eigenvalue weighted by atomic mass is 16.1. The van der Waals surface area contributed by atoms with Crippen LogP contribution in [-0.2, 0) is 4.79 Å². The number of rotatable bonds is 12. The monoisotopic (exact) mass is 344 g/mol. The highest BCUT2D eigenvalue weighted by molar-refractivity contribution is 5.75. The molecule has 0 spiro atoms. The fourth-order valence-corrected chi connectivity index (χ4v) is 3.75. The Morgan fingerprint density at radius 2 is 1.72 bits per heavy atom. The molecule has 1 atom stereocenters. The summed E-state index contributed by atoms with van der Waals surface area (Å²) in [6.45, 7) is 4.14. The van der Waals surface area contributed by atoms with Gasteiger partial charge in [0.2, 0.25) is 5.91 Å². The van der Waals surface area contributed by atoms with Gasteiger partial charge in [-0.2, -0.15) is 0 Å². The minimum atomic E-state index is 0.228. The van der Waals surface area contributed by atoms with Gasteiger partial charge in [-0.05, 0) is 31.4 Å². The van der Waals surface area contributed by atoms with E-state index in [1.165, 1.54) is 63.5 Å². The molecule has 1 saturated heterocycles. The van der Waals surface area contributed by atoms with E-state index in [1.54, 1.807) is 0 Å². The molecule has 0 aliphatic carbocycles. The zero-order chi connectivity index (χ0) is 17.7. The highest BCUT2D eigenvalue weighted by Crippen LogP contribution is 2.24. The van der Waals surface area contributed by atoms with Gasteiger partial charge in [0.25, 0.3) is 0 Å². The molecule has 1 aromatic rings. The predicted molar refractivity (Wildman–Crippen MR) is 107 cm³/mol. The minimum absolute atomic E-state index is 0.228. The number of anilines is 1. The van der Waals surface area contributed by atoms with Crippen LogP contribution in [0.2, 0.25) is 0 Å². The van der Waals surface area contributed by atoms with Crippen molar-refractivity contribution in [1.29, 1.82) is 0 Å². The second-order valence-electron chi connectivity index (χ2n) is 7.35. The third-order valence-electron chi connectivity index (χ3n) is 5.26. The molecule has 0 saturated carbocycles. The molecular weight excluding hydrogens is 308 g/mol. The van der Waals surface area contributed by atoms with Gasteiger partial charge in [0, 0.05) is 31.2 Å². The van der Waals surface area contributed by atoms with Gasteiger partial charge in [0.1, 0.15) is 0 Å². The summed E-state index contributed by atoms with van der Waals surface area (Å²) in [4.78, 5) is 14.5. The maximum atomic E-state index is 12.1. The lowest BCUT2D eigenvalue weighted by Crippen LogP contribution is -2.40. The molecule has 2 rings (SSSR count). The number of amides is 1. The largest absolute Gasteiger partial charge is 0.367 e. The summed E-state index contributed by atoms with van der Waals surface area (Å²) in [7, 11) is 0. The van der Waals surface area contributed by atoms with Crippen molar-refractivity contribution >= 4 is 11.6 Å². The van der Waals surface area contributed by atoms with Crippen LogP contribution in [0.25, 0.3) is 0 Å². The summed E-state index contributed by atoms with van der Waals surface area (Å²) >= 11 is 0. The van der Waals surface area contributed by atoms with Crippen molar-refractivity contribution in [3.63, 3.8) is 0 Å². The minimum Gasteiger partial charge on any atom is -0.367 e. The van der Waals surface area contributed by atoms with Crippen LogP contribution < -0.4 is 10.2 Å². The molecule has 1 fully saturated rings. The van der Waals surface area contributed by atoms with E-state index < -0.39 is 0 Å². The van der Waals surface area contributed by atoms with Crippen molar-refractivity contribution in [3.8, 4) is 0 Å². The SMILES string of the molecule is CCCCCCCCCCC(=O)NCC1CCCN1c1ccccc1. The summed E-state index contributed by atoms with van der Waals surface area (Å²) < 4.78 is 0. The fourth-order valence-electron chi connectivity index (χ4n) is 3.75. The Morgan fingerprint density at radius 1 is 1.04 bits per heavy atom. The van der Waals surface area contributed by atoms with Gasteiger partial charge in [0.15, 0.2) is 0 Å². The third-order valence-corrected chi connectivity index (χ3v) is 5.26. The molecule has 1 aliphatic rings. The van der Waals surface area contributed by atoms with Crippen molar-refractivity contribution in [2.24, 2.45) is 0 Å². The molecule has 3 nitrogen and oxygen atoms in total. The number of para-hydroxylation sites is 1. The Bertz CT molecular complexity index is 474. The molecule has 1 heterocycles. The zero-order valence-corrected chi connectivity index (χ0v) is 16.0. The van der Waals surface area contributed by atoms with Crippen LogP contribution in [0.4, 0.5) is 5.69 Å². The Kier molecular flexibility index (Phi) is 9.46. The number of carbonyl (C=O) groups excluding carboxylic acids is 1. The van der Waals surface area contributed by atoms with Gasteiger partial charge in [-0.3, -0.25) is 4.79 Å². The van der Waals surface area contributed by atoms with Crippen molar-refractivity contribution in [2.45, 2.75) is 83.6 Å². The molecule has 25 heavy (non-hydrogen) atoms. The first-order chi connectivity index (χ1) is 12.3. The summed E-state index contributed by atoms with van der Waals surface area (Å²) in [6, 6.07) is 11.0. The van der Waals surface area contributed by atoms with Crippen LogP contribution in [-0.4, -0.2) is 25.0 Å². The molecule has 1 amide bonds. The molecule has 1 aliphatic heterocycles. The van der Waals surface area contributed by atoms with E-state index in [9.17, 15) is 4.79 Å². The van der Waals surface area contributed by atoms with E-state index in [0.29, 0.717) is 12.5 Å². The van der Waals surface area contributed by atoms with E-state index in [0.717, 1.165) is 19.5 Å². The van der Waals surface area contributed by atoms with E-state index in [1.807, 2.05) is 0 Å². The van der Waals surface area contributed by atoms with Gasteiger partial charge in [-0.1, -0.05) is 70.1 Å². The van der Waals surface area contributed by atoms with Crippen molar-refractivity contribution in [3.05, 3.63) is 30.3 Å². The van der Waals surface area contributed by atoms with E-state index in [2.05, 4.69) is 47.5 Å². The number of unbranched alkanes of at least 4 members (excludes halogenated alkanes) is 7. The normalized spacial score (nSPS) is 17.0. The molecule has 0 bridgehead atoms. The van der Waals surface area contributed by atoms with Crippen LogP contribution in [0.3, 0.4) is 0 Å². The van der Waals surface area contributed by atoms with E-state index in [4.69, 9.17) is 0 Å². The standard InChI is InChI=1S/C22H36N2O/c1-2-3-4-5-6-7-8-12-17-22(25)23-19-21-16-13-18-24(21)20-14-10-9-11-15-20/h9-11,14-15,21H,2-8,12-13,16-19H2,1H3,(H,23,25). The maximum absolute atomic E-state index is 12.1. The van der Waals surface area contributed by atoms with Crippen LogP contribution in [0.1, 0.15) is 77.6 Å². The summed E-state index contributed by atoms with van der Waals surface area (Å²) in [5, 5.41) is 3.16. The summed E-state index contributed by atoms with van der Waals surface area (Å²) in [6.07, 6.45) is 13.3. The second kappa shape index (κ2) is 11.9. The lowest BCUT2D eigenvalue weighted by molar-refractivity contribution is -0.121. The van der Waals surface area contributed by atoms with Gasteiger partial charge in [-0.25, -0.2) is 0 Å². The van der Waals surface area contributed by atoms with Gasteiger partial charge in [0.05, 0.1) is 0 Å². The maximum Gasteiger partial charge on any atom is 0.220 e. The Morgan fingerprint density at radius 3 is 2.44 bits per heavy atom. The van der Waals surface area contributed by atoms with Crippen LogP contribution in [0.5, 0.6) is 0 Å². The lowest BCUT2D eigenvalue weighted by Gasteiger charge is -2.27. The van der Waals surface area contributed by atoms with Crippen LogP contribution in [0.15, 0.2) is 30.3 Å². The first-order valence-electron chi connectivity index (χ1n) is 10.4. The first kappa shape index (κ1) is 19.8. The average Bonchev–Trinajstić information content (AvgIpc) is 3.11. The smallest absolute Gasteiger partial charge is 0.220 e. The molecular formula is C22H36N2O. The lowest BCUT2D eigenvalue weighted by atomic mass is 10.1. The molecule has 1 aromatic carbocycles. The number of nitrogens with zero attached hydrogens (tertiary/aromatic N) is 1. The first-order valence-corrected chi connectivity index (χ1v) is 10.4. The Balaban J connectivity index is 1.55. The molecule has 1 unspecified atom stereocenters. The van der Waals surface area contributed by atoms with Gasteiger partial charge in [-0.15, -0.1) is 0 Å². The molecule has 140 valence electrons.